The van der Waals surface area contributed by atoms with Crippen LogP contribution in [0, 0.1) is 6.92 Å². The zero-order valence-electron chi connectivity index (χ0n) is 9.56. The van der Waals surface area contributed by atoms with Crippen LogP contribution in [0.2, 0.25) is 5.02 Å². The summed E-state index contributed by atoms with van der Waals surface area (Å²) in [5.74, 6) is 0. The van der Waals surface area contributed by atoms with E-state index in [9.17, 15) is 5.11 Å². The molecule has 0 aliphatic carbocycles. The Labute approximate surface area is 110 Å². The van der Waals surface area contributed by atoms with Crippen LogP contribution in [0.4, 0.5) is 0 Å². The van der Waals surface area contributed by atoms with Crippen LogP contribution >= 0.6 is 22.9 Å². The predicted molar refractivity (Wildman–Crippen MR) is 71.7 cm³/mol. The van der Waals surface area contributed by atoms with E-state index in [4.69, 9.17) is 11.6 Å². The van der Waals surface area contributed by atoms with Crippen molar-refractivity contribution in [3.05, 3.63) is 50.9 Å². The molecule has 1 aromatic carbocycles. The summed E-state index contributed by atoms with van der Waals surface area (Å²) in [5, 5.41) is 13.7. The number of hydrogen-bond donors (Lipinski definition) is 1. The molecular formula is C13H14ClNOS. The molecule has 1 heterocycles. The van der Waals surface area contributed by atoms with E-state index in [1.54, 1.807) is 11.3 Å². The lowest BCUT2D eigenvalue weighted by molar-refractivity contribution is 0.174. The molecule has 1 N–H and O–H groups in total. The minimum Gasteiger partial charge on any atom is -0.392 e. The second-order valence-electron chi connectivity index (χ2n) is 4.05. The Balaban J connectivity index is 1.93. The maximum absolute atomic E-state index is 9.97. The van der Waals surface area contributed by atoms with Gasteiger partial charge in [-0.2, -0.15) is 0 Å². The maximum Gasteiger partial charge on any atom is 0.0897 e. The largest absolute Gasteiger partial charge is 0.392 e. The SMILES string of the molecule is Cc1nc(CC(O)Cc2ccc(Cl)cc2)cs1. The molecule has 2 aromatic rings. The fourth-order valence-corrected chi connectivity index (χ4v) is 2.46. The van der Waals surface area contributed by atoms with E-state index < -0.39 is 6.10 Å². The number of aryl methyl sites for hydroxylation is 1. The molecule has 0 bridgehead atoms. The normalized spacial score (nSPS) is 12.6. The predicted octanol–water partition coefficient (Wildman–Crippen LogP) is 3.25. The molecule has 0 aliphatic heterocycles. The molecule has 4 heteroatoms. The van der Waals surface area contributed by atoms with E-state index in [1.807, 2.05) is 36.6 Å². The average Bonchev–Trinajstić information content (AvgIpc) is 2.67. The zero-order valence-corrected chi connectivity index (χ0v) is 11.1. The van der Waals surface area contributed by atoms with Gasteiger partial charge in [-0.3, -0.25) is 0 Å². The van der Waals surface area contributed by atoms with Gasteiger partial charge in [-0.05, 0) is 31.0 Å². The van der Waals surface area contributed by atoms with Gasteiger partial charge in [0.05, 0.1) is 16.8 Å². The number of hydrogen-bond acceptors (Lipinski definition) is 3. The first-order valence-corrected chi connectivity index (χ1v) is 6.73. The van der Waals surface area contributed by atoms with Crippen molar-refractivity contribution in [3.63, 3.8) is 0 Å². The number of aliphatic hydroxyl groups excluding tert-OH is 1. The maximum atomic E-state index is 9.97. The number of benzene rings is 1. The molecule has 2 rings (SSSR count). The van der Waals surface area contributed by atoms with Gasteiger partial charge in [0.25, 0.3) is 0 Å². The molecule has 1 aromatic heterocycles. The zero-order chi connectivity index (χ0) is 12.3. The van der Waals surface area contributed by atoms with Crippen LogP contribution in [0.3, 0.4) is 0 Å². The molecule has 0 saturated carbocycles. The first kappa shape index (κ1) is 12.6. The lowest BCUT2D eigenvalue weighted by atomic mass is 10.0. The summed E-state index contributed by atoms with van der Waals surface area (Å²) < 4.78 is 0. The van der Waals surface area contributed by atoms with E-state index in [1.165, 1.54) is 0 Å². The third-order valence-electron chi connectivity index (χ3n) is 2.50. The average molecular weight is 268 g/mol. The Bertz CT molecular complexity index is 480. The van der Waals surface area contributed by atoms with Gasteiger partial charge in [-0.1, -0.05) is 23.7 Å². The summed E-state index contributed by atoms with van der Waals surface area (Å²) in [6.45, 7) is 1.97. The lowest BCUT2D eigenvalue weighted by Gasteiger charge is -2.08. The highest BCUT2D eigenvalue weighted by Gasteiger charge is 2.09. The smallest absolute Gasteiger partial charge is 0.0897 e. The van der Waals surface area contributed by atoms with Crippen LogP contribution in [-0.4, -0.2) is 16.2 Å². The highest BCUT2D eigenvalue weighted by Crippen LogP contribution is 2.14. The van der Waals surface area contributed by atoms with E-state index in [2.05, 4.69) is 4.98 Å². The van der Waals surface area contributed by atoms with Crippen molar-refractivity contribution in [2.45, 2.75) is 25.9 Å². The number of halogens is 1. The van der Waals surface area contributed by atoms with Crippen molar-refractivity contribution in [1.29, 1.82) is 0 Å². The van der Waals surface area contributed by atoms with Crippen molar-refractivity contribution >= 4 is 22.9 Å². The van der Waals surface area contributed by atoms with Crippen LogP contribution in [0.25, 0.3) is 0 Å². The molecule has 0 aliphatic rings. The fourth-order valence-electron chi connectivity index (χ4n) is 1.71. The molecule has 17 heavy (non-hydrogen) atoms. The third kappa shape index (κ3) is 3.80. The first-order chi connectivity index (χ1) is 8.13. The molecule has 0 spiro atoms. The van der Waals surface area contributed by atoms with Gasteiger partial charge in [0.2, 0.25) is 0 Å². The Kier molecular flexibility index (Phi) is 4.15. The first-order valence-electron chi connectivity index (χ1n) is 5.47. The molecular weight excluding hydrogens is 254 g/mol. The van der Waals surface area contributed by atoms with Gasteiger partial charge in [0, 0.05) is 16.8 Å². The van der Waals surface area contributed by atoms with Gasteiger partial charge in [-0.25, -0.2) is 4.98 Å². The van der Waals surface area contributed by atoms with Crippen LogP contribution in [0.1, 0.15) is 16.3 Å². The van der Waals surface area contributed by atoms with Gasteiger partial charge in [-0.15, -0.1) is 11.3 Å². The highest BCUT2D eigenvalue weighted by molar-refractivity contribution is 7.09. The van der Waals surface area contributed by atoms with E-state index in [0.29, 0.717) is 12.8 Å². The molecule has 0 radical (unpaired) electrons. The van der Waals surface area contributed by atoms with Crippen LogP contribution in [0.15, 0.2) is 29.6 Å². The van der Waals surface area contributed by atoms with Crippen molar-refractivity contribution in [1.82, 2.24) is 4.98 Å². The van der Waals surface area contributed by atoms with Crippen LogP contribution in [-0.2, 0) is 12.8 Å². The lowest BCUT2D eigenvalue weighted by Crippen LogP contribution is -2.14. The molecule has 0 fully saturated rings. The monoisotopic (exact) mass is 267 g/mol. The number of aliphatic hydroxyl groups is 1. The second-order valence-corrected chi connectivity index (χ2v) is 5.55. The number of rotatable bonds is 4. The minimum atomic E-state index is -0.391. The van der Waals surface area contributed by atoms with Gasteiger partial charge in [0.15, 0.2) is 0 Å². The molecule has 1 atom stereocenters. The van der Waals surface area contributed by atoms with Crippen molar-refractivity contribution in [2.75, 3.05) is 0 Å². The highest BCUT2D eigenvalue weighted by atomic mass is 35.5. The number of aromatic nitrogens is 1. The van der Waals surface area contributed by atoms with Crippen molar-refractivity contribution in [3.8, 4) is 0 Å². The Morgan fingerprint density at radius 3 is 2.59 bits per heavy atom. The van der Waals surface area contributed by atoms with Crippen LogP contribution in [0.5, 0.6) is 0 Å². The van der Waals surface area contributed by atoms with Crippen LogP contribution < -0.4 is 0 Å². The Morgan fingerprint density at radius 1 is 1.29 bits per heavy atom. The minimum absolute atomic E-state index is 0.391. The van der Waals surface area contributed by atoms with Gasteiger partial charge in [0.1, 0.15) is 0 Å². The molecule has 1 unspecified atom stereocenters. The third-order valence-corrected chi connectivity index (χ3v) is 3.57. The standard InChI is InChI=1S/C13H14ClNOS/c1-9-15-12(8-17-9)7-13(16)6-10-2-4-11(14)5-3-10/h2-5,8,13,16H,6-7H2,1H3. The Morgan fingerprint density at radius 2 is 2.00 bits per heavy atom. The van der Waals surface area contributed by atoms with Gasteiger partial charge < -0.3 is 5.11 Å². The quantitative estimate of drug-likeness (QED) is 0.922. The topological polar surface area (TPSA) is 33.1 Å². The summed E-state index contributed by atoms with van der Waals surface area (Å²) in [6.07, 6.45) is 0.846. The summed E-state index contributed by atoms with van der Waals surface area (Å²) in [5.41, 5.74) is 2.06. The van der Waals surface area contributed by atoms with Crippen molar-refractivity contribution in [2.24, 2.45) is 0 Å². The van der Waals surface area contributed by atoms with E-state index in [0.717, 1.165) is 21.3 Å². The Hall–Kier alpha value is -0.900. The number of thiazole rings is 1. The molecule has 90 valence electrons. The van der Waals surface area contributed by atoms with Gasteiger partial charge >= 0.3 is 0 Å². The summed E-state index contributed by atoms with van der Waals surface area (Å²) in [6, 6.07) is 7.57. The second kappa shape index (κ2) is 5.63. The number of nitrogens with zero attached hydrogens (tertiary/aromatic N) is 1. The summed E-state index contributed by atoms with van der Waals surface area (Å²) >= 11 is 7.42. The summed E-state index contributed by atoms with van der Waals surface area (Å²) in [7, 11) is 0. The van der Waals surface area contributed by atoms with E-state index >= 15 is 0 Å². The molecule has 0 saturated heterocycles. The molecule has 0 amide bonds. The summed E-state index contributed by atoms with van der Waals surface area (Å²) in [4.78, 5) is 4.34. The fraction of sp³-hybridized carbons (Fsp3) is 0.308. The molecule has 2 nitrogen and oxygen atoms in total. The van der Waals surface area contributed by atoms with E-state index in [-0.39, 0.29) is 0 Å². The van der Waals surface area contributed by atoms with Crippen molar-refractivity contribution < 1.29 is 5.11 Å².